The summed E-state index contributed by atoms with van der Waals surface area (Å²) in [6.07, 6.45) is 0.394. The molecule has 4 nitrogen and oxygen atoms in total. The normalized spacial score (nSPS) is 8.67. The first-order chi connectivity index (χ1) is 5.74. The molecule has 0 amide bonds. The number of rotatable bonds is 4. The molecular formula is C8H10N2O2. The molecule has 4 heteroatoms. The van der Waals surface area contributed by atoms with Gasteiger partial charge in [-0.15, -0.1) is 0 Å². The monoisotopic (exact) mass is 166 g/mol. The molecule has 64 valence electrons. The molecule has 0 aromatic carbocycles. The van der Waals surface area contributed by atoms with Gasteiger partial charge >= 0.3 is 5.97 Å². The van der Waals surface area contributed by atoms with E-state index in [-0.39, 0.29) is 18.8 Å². The smallest absolute Gasteiger partial charge is 0.305 e. The lowest BCUT2D eigenvalue weighted by atomic mass is 10.1. The van der Waals surface area contributed by atoms with Crippen LogP contribution in [0, 0.1) is 28.6 Å². The molecule has 0 aliphatic carbocycles. The van der Waals surface area contributed by atoms with Crippen molar-refractivity contribution >= 4 is 5.97 Å². The van der Waals surface area contributed by atoms with Crippen LogP contribution in [0.1, 0.15) is 19.8 Å². The topological polar surface area (TPSA) is 73.9 Å². The third kappa shape index (κ3) is 4.29. The molecular weight excluding hydrogens is 156 g/mol. The van der Waals surface area contributed by atoms with Crippen molar-refractivity contribution in [2.75, 3.05) is 6.61 Å². The highest BCUT2D eigenvalue weighted by molar-refractivity contribution is 5.69. The number of hydrogen-bond donors (Lipinski definition) is 0. The summed E-state index contributed by atoms with van der Waals surface area (Å²) in [5.74, 6) is -1.05. The quantitative estimate of drug-likeness (QED) is 0.584. The first-order valence-electron chi connectivity index (χ1n) is 3.69. The van der Waals surface area contributed by atoms with E-state index in [4.69, 9.17) is 10.5 Å². The molecule has 0 atom stereocenters. The maximum atomic E-state index is 10.7. The molecule has 0 aromatic rings. The number of carbonyl (C=O) groups excluding carboxylic acids is 1. The van der Waals surface area contributed by atoms with Gasteiger partial charge in [0.1, 0.15) is 5.92 Å². The minimum absolute atomic E-state index is 0.139. The van der Waals surface area contributed by atoms with E-state index in [1.165, 1.54) is 0 Å². The number of carbonyl (C=O) groups is 1. The molecule has 0 spiro atoms. The molecule has 0 aliphatic heterocycles. The standard InChI is InChI=1S/C8H10N2O2/c1-2-12-8(11)4-3-7(5-9)6-10/h7H,2-4H2,1H3. The molecule has 0 saturated carbocycles. The van der Waals surface area contributed by atoms with E-state index >= 15 is 0 Å². The molecule has 0 bridgehead atoms. The summed E-state index contributed by atoms with van der Waals surface area (Å²) < 4.78 is 4.62. The molecule has 0 rings (SSSR count). The highest BCUT2D eigenvalue weighted by atomic mass is 16.5. The lowest BCUT2D eigenvalue weighted by molar-refractivity contribution is -0.143. The summed E-state index contributed by atoms with van der Waals surface area (Å²) >= 11 is 0. The Hall–Kier alpha value is -1.55. The minimum atomic E-state index is -0.700. The summed E-state index contributed by atoms with van der Waals surface area (Å²) in [6, 6.07) is 3.56. The maximum absolute atomic E-state index is 10.7. The fraction of sp³-hybridized carbons (Fsp3) is 0.625. The Kier molecular flexibility index (Phi) is 5.38. The molecule has 0 aromatic heterocycles. The molecule has 0 saturated heterocycles. The Morgan fingerprint density at radius 2 is 2.08 bits per heavy atom. The van der Waals surface area contributed by atoms with Crippen LogP contribution < -0.4 is 0 Å². The minimum Gasteiger partial charge on any atom is -0.466 e. The molecule has 0 N–H and O–H groups in total. The van der Waals surface area contributed by atoms with Crippen molar-refractivity contribution in [2.24, 2.45) is 5.92 Å². The zero-order chi connectivity index (χ0) is 9.40. The zero-order valence-corrected chi connectivity index (χ0v) is 6.91. The van der Waals surface area contributed by atoms with E-state index in [0.29, 0.717) is 6.61 Å². The van der Waals surface area contributed by atoms with Gasteiger partial charge < -0.3 is 4.74 Å². The Balaban J connectivity index is 3.63. The number of ether oxygens (including phenoxy) is 1. The molecule has 0 aliphatic rings. The Labute approximate surface area is 71.4 Å². The van der Waals surface area contributed by atoms with Crippen molar-refractivity contribution in [3.8, 4) is 12.1 Å². The van der Waals surface area contributed by atoms with E-state index in [2.05, 4.69) is 4.74 Å². The zero-order valence-electron chi connectivity index (χ0n) is 6.91. The highest BCUT2D eigenvalue weighted by Gasteiger charge is 2.09. The van der Waals surface area contributed by atoms with Crippen LogP contribution >= 0.6 is 0 Å². The van der Waals surface area contributed by atoms with Gasteiger partial charge in [-0.25, -0.2) is 0 Å². The Bertz CT molecular complexity index is 210. The Morgan fingerprint density at radius 1 is 1.50 bits per heavy atom. The second-order valence-electron chi connectivity index (χ2n) is 2.15. The fourth-order valence-electron chi connectivity index (χ4n) is 0.653. The third-order valence-electron chi connectivity index (χ3n) is 1.25. The van der Waals surface area contributed by atoms with Gasteiger partial charge in [0.25, 0.3) is 0 Å². The van der Waals surface area contributed by atoms with Crippen LogP contribution in [-0.4, -0.2) is 12.6 Å². The maximum Gasteiger partial charge on any atom is 0.305 e. The van der Waals surface area contributed by atoms with Gasteiger partial charge in [-0.3, -0.25) is 4.79 Å². The van der Waals surface area contributed by atoms with Crippen LogP contribution in [0.15, 0.2) is 0 Å². The molecule has 0 radical (unpaired) electrons. The van der Waals surface area contributed by atoms with E-state index in [1.807, 2.05) is 0 Å². The number of nitriles is 2. The van der Waals surface area contributed by atoms with Crippen molar-refractivity contribution in [2.45, 2.75) is 19.8 Å². The SMILES string of the molecule is CCOC(=O)CCC(C#N)C#N. The first-order valence-corrected chi connectivity index (χ1v) is 3.69. The van der Waals surface area contributed by atoms with Gasteiger partial charge in [-0.1, -0.05) is 0 Å². The lowest BCUT2D eigenvalue weighted by Gasteiger charge is -2.00. The van der Waals surface area contributed by atoms with Crippen LogP contribution in [0.25, 0.3) is 0 Å². The summed E-state index contributed by atoms with van der Waals surface area (Å²) in [4.78, 5) is 10.7. The molecule has 0 fully saturated rings. The van der Waals surface area contributed by atoms with Gasteiger partial charge in [-0.2, -0.15) is 10.5 Å². The second-order valence-corrected chi connectivity index (χ2v) is 2.15. The summed E-state index contributed by atoms with van der Waals surface area (Å²) in [7, 11) is 0. The summed E-state index contributed by atoms with van der Waals surface area (Å²) in [5, 5.41) is 16.7. The van der Waals surface area contributed by atoms with Gasteiger partial charge in [0.2, 0.25) is 0 Å². The predicted molar refractivity (Wildman–Crippen MR) is 40.6 cm³/mol. The van der Waals surface area contributed by atoms with E-state index in [0.717, 1.165) is 0 Å². The first kappa shape index (κ1) is 10.4. The van der Waals surface area contributed by atoms with Gasteiger partial charge in [0.05, 0.1) is 18.7 Å². The van der Waals surface area contributed by atoms with Crippen LogP contribution in [0.4, 0.5) is 0 Å². The molecule has 0 heterocycles. The van der Waals surface area contributed by atoms with Crippen molar-refractivity contribution < 1.29 is 9.53 Å². The summed E-state index contributed by atoms with van der Waals surface area (Å²) in [6.45, 7) is 2.05. The van der Waals surface area contributed by atoms with Crippen molar-refractivity contribution in [3.05, 3.63) is 0 Å². The Morgan fingerprint density at radius 3 is 2.50 bits per heavy atom. The van der Waals surface area contributed by atoms with Crippen LogP contribution in [-0.2, 0) is 9.53 Å². The van der Waals surface area contributed by atoms with Crippen LogP contribution in [0.5, 0.6) is 0 Å². The van der Waals surface area contributed by atoms with Crippen molar-refractivity contribution in [1.29, 1.82) is 10.5 Å². The van der Waals surface area contributed by atoms with Crippen molar-refractivity contribution in [1.82, 2.24) is 0 Å². The number of hydrogen-bond acceptors (Lipinski definition) is 4. The van der Waals surface area contributed by atoms with E-state index in [9.17, 15) is 4.79 Å². The largest absolute Gasteiger partial charge is 0.466 e. The second kappa shape index (κ2) is 6.18. The summed E-state index contributed by atoms with van der Waals surface area (Å²) in [5.41, 5.74) is 0. The average Bonchev–Trinajstić information content (AvgIpc) is 2.07. The van der Waals surface area contributed by atoms with E-state index < -0.39 is 5.92 Å². The van der Waals surface area contributed by atoms with Crippen LogP contribution in [0.2, 0.25) is 0 Å². The lowest BCUT2D eigenvalue weighted by Crippen LogP contribution is -2.06. The number of nitrogens with zero attached hydrogens (tertiary/aromatic N) is 2. The highest BCUT2D eigenvalue weighted by Crippen LogP contribution is 2.04. The van der Waals surface area contributed by atoms with E-state index in [1.54, 1.807) is 19.1 Å². The molecule has 12 heavy (non-hydrogen) atoms. The van der Waals surface area contributed by atoms with Gasteiger partial charge in [0, 0.05) is 6.42 Å². The third-order valence-corrected chi connectivity index (χ3v) is 1.25. The number of esters is 1. The van der Waals surface area contributed by atoms with Crippen molar-refractivity contribution in [3.63, 3.8) is 0 Å². The van der Waals surface area contributed by atoms with Crippen LogP contribution in [0.3, 0.4) is 0 Å². The van der Waals surface area contributed by atoms with Gasteiger partial charge in [0.15, 0.2) is 0 Å². The predicted octanol–water partition coefficient (Wildman–Crippen LogP) is 0.993. The fourth-order valence-corrected chi connectivity index (χ4v) is 0.653. The average molecular weight is 166 g/mol. The van der Waals surface area contributed by atoms with Gasteiger partial charge in [-0.05, 0) is 13.3 Å². The molecule has 0 unspecified atom stereocenters.